The van der Waals surface area contributed by atoms with Gasteiger partial charge >= 0.3 is 0 Å². The molecule has 0 fully saturated rings. The molecule has 0 heterocycles. The highest BCUT2D eigenvalue weighted by atomic mass is 79.9. The summed E-state index contributed by atoms with van der Waals surface area (Å²) in [6.07, 6.45) is -0.735. The normalized spacial score (nSPS) is 11.4. The van der Waals surface area contributed by atoms with E-state index in [2.05, 4.69) is 26.8 Å². The summed E-state index contributed by atoms with van der Waals surface area (Å²) >= 11 is 4.73. The summed E-state index contributed by atoms with van der Waals surface area (Å²) in [6.45, 7) is 1.61. The van der Waals surface area contributed by atoms with Crippen LogP contribution in [0.1, 0.15) is 6.92 Å². The van der Waals surface area contributed by atoms with Crippen LogP contribution in [0, 0.1) is 0 Å². The number of halogens is 1. The first-order chi connectivity index (χ1) is 11.5. The van der Waals surface area contributed by atoms with Crippen LogP contribution in [-0.4, -0.2) is 23.7 Å². The van der Waals surface area contributed by atoms with Crippen LogP contribution < -0.4 is 15.6 Å². The quantitative estimate of drug-likeness (QED) is 0.568. The standard InChI is InChI=1S/C17H17BrN2O3S/c1-12(23-14-7-5-6-13(18)10-14)17(22)20-19-16(21)11-24-15-8-3-2-4-9-15/h2-10,12H,11H2,1H3,(H,19,21)(H,20,22)/t12-/m1/s1. The average molecular weight is 409 g/mol. The van der Waals surface area contributed by atoms with Crippen LogP contribution in [0.2, 0.25) is 0 Å². The van der Waals surface area contributed by atoms with E-state index in [1.54, 1.807) is 19.1 Å². The maximum atomic E-state index is 11.9. The number of carbonyl (C=O) groups excluding carboxylic acids is 2. The van der Waals surface area contributed by atoms with Crippen LogP contribution in [0.15, 0.2) is 64.0 Å². The van der Waals surface area contributed by atoms with E-state index in [9.17, 15) is 9.59 Å². The first-order valence-corrected chi connectivity index (χ1v) is 9.01. The number of rotatable bonds is 6. The molecule has 0 spiro atoms. The molecule has 2 rings (SSSR count). The second-order valence-electron chi connectivity index (χ2n) is 4.86. The van der Waals surface area contributed by atoms with Crippen LogP contribution in [0.5, 0.6) is 5.75 Å². The Labute approximate surface area is 153 Å². The average Bonchev–Trinajstić information content (AvgIpc) is 2.58. The van der Waals surface area contributed by atoms with Crippen molar-refractivity contribution in [2.45, 2.75) is 17.9 Å². The fraction of sp³-hybridized carbons (Fsp3) is 0.176. The van der Waals surface area contributed by atoms with Crippen LogP contribution in [0.25, 0.3) is 0 Å². The SMILES string of the molecule is C[C@@H](Oc1cccc(Br)c1)C(=O)NNC(=O)CSc1ccccc1. The van der Waals surface area contributed by atoms with Gasteiger partial charge in [-0.2, -0.15) is 0 Å². The number of carbonyl (C=O) groups is 2. The molecule has 2 aromatic carbocycles. The molecule has 0 unspecified atom stereocenters. The van der Waals surface area contributed by atoms with Crippen molar-refractivity contribution in [3.05, 3.63) is 59.1 Å². The molecule has 0 aliphatic heterocycles. The van der Waals surface area contributed by atoms with E-state index >= 15 is 0 Å². The summed E-state index contributed by atoms with van der Waals surface area (Å²) in [4.78, 5) is 24.7. The van der Waals surface area contributed by atoms with Crippen LogP contribution in [-0.2, 0) is 9.59 Å². The number of amides is 2. The molecule has 0 aromatic heterocycles. The smallest absolute Gasteiger partial charge is 0.279 e. The zero-order valence-corrected chi connectivity index (χ0v) is 15.4. The van der Waals surface area contributed by atoms with Gasteiger partial charge in [0.25, 0.3) is 5.91 Å². The predicted octanol–water partition coefficient (Wildman–Crippen LogP) is 3.16. The van der Waals surface area contributed by atoms with Crippen molar-refractivity contribution in [1.82, 2.24) is 10.9 Å². The molecule has 2 aromatic rings. The van der Waals surface area contributed by atoms with E-state index in [0.29, 0.717) is 5.75 Å². The van der Waals surface area contributed by atoms with Gasteiger partial charge in [-0.1, -0.05) is 40.2 Å². The van der Waals surface area contributed by atoms with Crippen molar-refractivity contribution in [2.24, 2.45) is 0 Å². The lowest BCUT2D eigenvalue weighted by molar-refractivity contribution is -0.131. The fourth-order valence-corrected chi connectivity index (χ4v) is 2.83. The van der Waals surface area contributed by atoms with Gasteiger partial charge in [-0.05, 0) is 37.3 Å². The number of thioether (sulfide) groups is 1. The Morgan fingerprint density at radius 1 is 1.12 bits per heavy atom. The van der Waals surface area contributed by atoms with Crippen molar-refractivity contribution in [2.75, 3.05) is 5.75 Å². The van der Waals surface area contributed by atoms with Crippen LogP contribution in [0.4, 0.5) is 0 Å². The lowest BCUT2D eigenvalue weighted by Gasteiger charge is -2.15. The Morgan fingerprint density at radius 2 is 1.88 bits per heavy atom. The summed E-state index contributed by atoms with van der Waals surface area (Å²) in [5.74, 6) is 0.0726. The fourth-order valence-electron chi connectivity index (χ4n) is 1.73. The van der Waals surface area contributed by atoms with E-state index in [0.717, 1.165) is 9.37 Å². The van der Waals surface area contributed by atoms with Gasteiger partial charge < -0.3 is 4.74 Å². The van der Waals surface area contributed by atoms with Gasteiger partial charge in [0.2, 0.25) is 5.91 Å². The highest BCUT2D eigenvalue weighted by Crippen LogP contribution is 2.19. The summed E-state index contributed by atoms with van der Waals surface area (Å²) in [6, 6.07) is 16.8. The topological polar surface area (TPSA) is 67.4 Å². The second kappa shape index (κ2) is 9.34. The Balaban J connectivity index is 1.72. The molecule has 0 aliphatic rings. The van der Waals surface area contributed by atoms with Crippen molar-refractivity contribution in [3.8, 4) is 5.75 Å². The van der Waals surface area contributed by atoms with Crippen molar-refractivity contribution < 1.29 is 14.3 Å². The zero-order chi connectivity index (χ0) is 17.4. The molecule has 24 heavy (non-hydrogen) atoms. The molecule has 0 saturated carbocycles. The highest BCUT2D eigenvalue weighted by molar-refractivity contribution is 9.10. The maximum absolute atomic E-state index is 11.9. The highest BCUT2D eigenvalue weighted by Gasteiger charge is 2.15. The first-order valence-electron chi connectivity index (χ1n) is 7.23. The lowest BCUT2D eigenvalue weighted by Crippen LogP contribution is -2.47. The number of benzene rings is 2. The third-order valence-electron chi connectivity index (χ3n) is 2.92. The number of ether oxygens (including phenoxy) is 1. The summed E-state index contributed by atoms with van der Waals surface area (Å²) in [7, 11) is 0. The van der Waals surface area contributed by atoms with E-state index in [-0.39, 0.29) is 11.7 Å². The van der Waals surface area contributed by atoms with E-state index in [1.807, 2.05) is 42.5 Å². The largest absolute Gasteiger partial charge is 0.481 e. The van der Waals surface area contributed by atoms with Gasteiger partial charge in [-0.3, -0.25) is 20.4 Å². The maximum Gasteiger partial charge on any atom is 0.279 e. The van der Waals surface area contributed by atoms with Crippen LogP contribution >= 0.6 is 27.7 Å². The minimum Gasteiger partial charge on any atom is -0.481 e. The van der Waals surface area contributed by atoms with Crippen LogP contribution in [0.3, 0.4) is 0 Å². The van der Waals surface area contributed by atoms with Gasteiger partial charge in [0.15, 0.2) is 6.10 Å². The second-order valence-corrected chi connectivity index (χ2v) is 6.82. The molecule has 126 valence electrons. The Morgan fingerprint density at radius 3 is 2.58 bits per heavy atom. The molecule has 0 radical (unpaired) electrons. The lowest BCUT2D eigenvalue weighted by atomic mass is 10.3. The first kappa shape index (κ1) is 18.4. The molecule has 0 bridgehead atoms. The molecule has 2 N–H and O–H groups in total. The van der Waals surface area contributed by atoms with E-state index < -0.39 is 12.0 Å². The van der Waals surface area contributed by atoms with Crippen molar-refractivity contribution in [1.29, 1.82) is 0 Å². The minimum atomic E-state index is -0.735. The van der Waals surface area contributed by atoms with Gasteiger partial charge in [-0.15, -0.1) is 11.8 Å². The zero-order valence-electron chi connectivity index (χ0n) is 13.0. The monoisotopic (exact) mass is 408 g/mol. The van der Waals surface area contributed by atoms with Gasteiger partial charge in [0.1, 0.15) is 5.75 Å². The molecule has 2 amide bonds. The van der Waals surface area contributed by atoms with Crippen molar-refractivity contribution in [3.63, 3.8) is 0 Å². The molecule has 7 heteroatoms. The Hall–Kier alpha value is -1.99. The number of hydrogen-bond acceptors (Lipinski definition) is 4. The molecular weight excluding hydrogens is 392 g/mol. The number of hydrogen-bond donors (Lipinski definition) is 2. The summed E-state index contributed by atoms with van der Waals surface area (Å²) in [5, 5.41) is 0. The minimum absolute atomic E-state index is 0.213. The summed E-state index contributed by atoms with van der Waals surface area (Å²) < 4.78 is 6.38. The number of hydrazine groups is 1. The van der Waals surface area contributed by atoms with E-state index in [1.165, 1.54) is 11.8 Å². The Kier molecular flexibility index (Phi) is 7.14. The predicted molar refractivity (Wildman–Crippen MR) is 97.7 cm³/mol. The van der Waals surface area contributed by atoms with E-state index in [4.69, 9.17) is 4.74 Å². The third-order valence-corrected chi connectivity index (χ3v) is 4.42. The molecule has 1 atom stereocenters. The summed E-state index contributed by atoms with van der Waals surface area (Å²) in [5.41, 5.74) is 4.75. The molecule has 5 nitrogen and oxygen atoms in total. The third kappa shape index (κ3) is 6.25. The Bertz CT molecular complexity index is 697. The van der Waals surface area contributed by atoms with Gasteiger partial charge in [0.05, 0.1) is 5.75 Å². The van der Waals surface area contributed by atoms with Gasteiger partial charge in [0, 0.05) is 9.37 Å². The molecular formula is C17H17BrN2O3S. The van der Waals surface area contributed by atoms with Gasteiger partial charge in [-0.25, -0.2) is 0 Å². The van der Waals surface area contributed by atoms with Crippen molar-refractivity contribution >= 4 is 39.5 Å². The molecule has 0 aliphatic carbocycles. The number of nitrogens with one attached hydrogen (secondary N) is 2. The molecule has 0 saturated heterocycles.